The highest BCUT2D eigenvalue weighted by Crippen LogP contribution is 2.32. The number of fused-ring (bicyclic) bond motifs is 2. The van der Waals surface area contributed by atoms with Crippen molar-refractivity contribution < 1.29 is 19.2 Å². The third kappa shape index (κ3) is 3.78. The molecule has 0 bridgehead atoms. The molecule has 4 aromatic rings. The molecule has 0 radical (unpaired) electrons. The Bertz CT molecular complexity index is 1550. The van der Waals surface area contributed by atoms with E-state index >= 15 is 0 Å². The molecule has 4 amide bonds. The van der Waals surface area contributed by atoms with E-state index in [0.717, 1.165) is 16.6 Å². The zero-order chi connectivity index (χ0) is 24.8. The van der Waals surface area contributed by atoms with Crippen LogP contribution in [0.5, 0.6) is 0 Å². The number of carbonyl (C=O) groups is 4. The summed E-state index contributed by atoms with van der Waals surface area (Å²) in [6.07, 6.45) is 5.60. The van der Waals surface area contributed by atoms with Crippen molar-refractivity contribution >= 4 is 40.3 Å². The number of H-pyrrole nitrogens is 1. The summed E-state index contributed by atoms with van der Waals surface area (Å²) in [6, 6.07) is 8.18. The van der Waals surface area contributed by atoms with Gasteiger partial charge < -0.3 is 15.2 Å². The normalized spacial score (nSPS) is 17.4. The number of benzene rings is 1. The minimum atomic E-state index is -0.723. The molecule has 12 heteroatoms. The molecule has 12 nitrogen and oxygen atoms in total. The number of rotatable bonds is 5. The second-order valence-corrected chi connectivity index (χ2v) is 8.72. The van der Waals surface area contributed by atoms with Gasteiger partial charge >= 0.3 is 0 Å². The van der Waals surface area contributed by atoms with Crippen LogP contribution in [-0.2, 0) is 27.5 Å². The SMILES string of the molecule is O=C1CCC(N2Cc3c(NC(=O)Cn4cc(-c5cnc6[nH]ccc6c5)nn4)cccc3C2=O)C(=O)N1. The number of hydrogen-bond donors (Lipinski definition) is 3. The van der Waals surface area contributed by atoms with Crippen molar-refractivity contribution in [2.75, 3.05) is 5.32 Å². The summed E-state index contributed by atoms with van der Waals surface area (Å²) >= 11 is 0. The number of imide groups is 1. The second kappa shape index (κ2) is 8.41. The van der Waals surface area contributed by atoms with Gasteiger partial charge in [-0.1, -0.05) is 11.3 Å². The molecule has 1 unspecified atom stereocenters. The molecule has 36 heavy (non-hydrogen) atoms. The fraction of sp³-hybridized carbons (Fsp3) is 0.208. The maximum Gasteiger partial charge on any atom is 0.255 e. The van der Waals surface area contributed by atoms with Gasteiger partial charge in [0.2, 0.25) is 17.7 Å². The Labute approximate surface area is 203 Å². The number of carbonyl (C=O) groups excluding carboxylic acids is 4. The molecule has 1 saturated heterocycles. The lowest BCUT2D eigenvalue weighted by molar-refractivity contribution is -0.137. The Morgan fingerprint density at radius 1 is 1.19 bits per heavy atom. The number of nitrogens with one attached hydrogen (secondary N) is 3. The van der Waals surface area contributed by atoms with Gasteiger partial charge in [0.05, 0.1) is 6.20 Å². The smallest absolute Gasteiger partial charge is 0.255 e. The molecule has 0 saturated carbocycles. The molecule has 2 aliphatic rings. The third-order valence-corrected chi connectivity index (χ3v) is 6.40. The highest BCUT2D eigenvalue weighted by Gasteiger charge is 2.39. The van der Waals surface area contributed by atoms with Gasteiger partial charge in [-0.25, -0.2) is 9.67 Å². The van der Waals surface area contributed by atoms with Crippen molar-refractivity contribution in [2.45, 2.75) is 32.0 Å². The van der Waals surface area contributed by atoms with Crippen LogP contribution in [0.4, 0.5) is 5.69 Å². The van der Waals surface area contributed by atoms with Crippen LogP contribution in [0.25, 0.3) is 22.3 Å². The van der Waals surface area contributed by atoms with E-state index in [-0.39, 0.29) is 43.7 Å². The minimum absolute atomic E-state index is 0.0820. The van der Waals surface area contributed by atoms with E-state index in [1.165, 1.54) is 9.58 Å². The van der Waals surface area contributed by atoms with Crippen LogP contribution < -0.4 is 10.6 Å². The third-order valence-electron chi connectivity index (χ3n) is 6.40. The standard InChI is InChI=1S/C24H20N8O4/c33-20-5-4-19(23(35)28-20)32-10-16-15(24(32)36)2-1-3-17(16)27-21(34)12-31-11-18(29-30-31)14-8-13-6-7-25-22(13)26-9-14/h1-3,6-9,11,19H,4-5,10,12H2,(H,25,26)(H,27,34)(H,28,33,35). The van der Waals surface area contributed by atoms with Crippen LogP contribution in [0.2, 0.25) is 0 Å². The number of piperidine rings is 1. The Balaban J connectivity index is 1.16. The quantitative estimate of drug-likeness (QED) is 0.360. The van der Waals surface area contributed by atoms with Crippen molar-refractivity contribution in [3.05, 3.63) is 60.0 Å². The first-order valence-corrected chi connectivity index (χ1v) is 11.4. The molecular formula is C24H20N8O4. The number of nitrogens with zero attached hydrogens (tertiary/aromatic N) is 5. The number of aromatic nitrogens is 5. The van der Waals surface area contributed by atoms with Crippen LogP contribution >= 0.6 is 0 Å². The molecule has 180 valence electrons. The van der Waals surface area contributed by atoms with Crippen LogP contribution in [0.3, 0.4) is 0 Å². The lowest BCUT2D eigenvalue weighted by Gasteiger charge is -2.29. The Morgan fingerprint density at radius 2 is 2.08 bits per heavy atom. The summed E-state index contributed by atoms with van der Waals surface area (Å²) in [7, 11) is 0. The van der Waals surface area contributed by atoms with E-state index < -0.39 is 11.9 Å². The first-order chi connectivity index (χ1) is 17.5. The first-order valence-electron chi connectivity index (χ1n) is 11.4. The van der Waals surface area contributed by atoms with Gasteiger partial charge in [-0.05, 0) is 30.7 Å². The van der Waals surface area contributed by atoms with Gasteiger partial charge in [0.15, 0.2) is 0 Å². The van der Waals surface area contributed by atoms with E-state index in [1.54, 1.807) is 36.8 Å². The molecule has 1 atom stereocenters. The molecule has 3 N–H and O–H groups in total. The van der Waals surface area contributed by atoms with Crippen molar-refractivity contribution in [1.29, 1.82) is 0 Å². The van der Waals surface area contributed by atoms with E-state index in [4.69, 9.17) is 0 Å². The average Bonchev–Trinajstić information content (AvgIpc) is 3.59. The zero-order valence-electron chi connectivity index (χ0n) is 18.9. The van der Waals surface area contributed by atoms with Gasteiger partial charge in [0, 0.05) is 53.1 Å². The van der Waals surface area contributed by atoms with E-state index in [0.29, 0.717) is 22.5 Å². The Hall–Kier alpha value is -4.87. The van der Waals surface area contributed by atoms with E-state index in [2.05, 4.69) is 30.9 Å². The maximum atomic E-state index is 13.0. The second-order valence-electron chi connectivity index (χ2n) is 8.72. The van der Waals surface area contributed by atoms with Gasteiger partial charge in [-0.15, -0.1) is 5.10 Å². The van der Waals surface area contributed by atoms with Crippen molar-refractivity contribution in [3.8, 4) is 11.3 Å². The molecule has 6 rings (SSSR count). The van der Waals surface area contributed by atoms with Crippen molar-refractivity contribution in [3.63, 3.8) is 0 Å². The lowest BCUT2D eigenvalue weighted by atomic mass is 10.0. The summed E-state index contributed by atoms with van der Waals surface area (Å²) in [5, 5.41) is 14.3. The molecule has 0 aliphatic carbocycles. The van der Waals surface area contributed by atoms with Gasteiger partial charge in [0.25, 0.3) is 5.91 Å². The van der Waals surface area contributed by atoms with Crippen molar-refractivity contribution in [1.82, 2.24) is 35.2 Å². The summed E-state index contributed by atoms with van der Waals surface area (Å²) in [5.41, 5.74) is 3.68. The van der Waals surface area contributed by atoms with E-state index in [9.17, 15) is 19.2 Å². The minimum Gasteiger partial charge on any atom is -0.346 e. The highest BCUT2D eigenvalue weighted by atomic mass is 16.2. The van der Waals surface area contributed by atoms with Gasteiger partial charge in [0.1, 0.15) is 23.9 Å². The molecule has 0 spiro atoms. The van der Waals surface area contributed by atoms with E-state index in [1.807, 2.05) is 12.1 Å². The first kappa shape index (κ1) is 21.6. The lowest BCUT2D eigenvalue weighted by Crippen LogP contribution is -2.52. The fourth-order valence-electron chi connectivity index (χ4n) is 4.63. The Kier molecular flexibility index (Phi) is 5.06. The molecule has 1 aromatic carbocycles. The number of aromatic amines is 1. The molecular weight excluding hydrogens is 464 g/mol. The number of anilines is 1. The van der Waals surface area contributed by atoms with Crippen LogP contribution in [0, 0.1) is 0 Å². The maximum absolute atomic E-state index is 13.0. The van der Waals surface area contributed by atoms with Crippen LogP contribution in [0.15, 0.2) is 48.9 Å². The zero-order valence-corrected chi connectivity index (χ0v) is 18.9. The molecule has 3 aromatic heterocycles. The number of hydrogen-bond acceptors (Lipinski definition) is 7. The summed E-state index contributed by atoms with van der Waals surface area (Å²) in [6.45, 7) is 0.0836. The average molecular weight is 484 g/mol. The topological polar surface area (TPSA) is 155 Å². The molecule has 1 fully saturated rings. The predicted molar refractivity (Wildman–Crippen MR) is 126 cm³/mol. The summed E-state index contributed by atoms with van der Waals surface area (Å²) in [4.78, 5) is 58.4. The summed E-state index contributed by atoms with van der Waals surface area (Å²) in [5.74, 6) is -1.47. The summed E-state index contributed by atoms with van der Waals surface area (Å²) < 4.78 is 1.43. The molecule has 5 heterocycles. The van der Waals surface area contributed by atoms with Crippen LogP contribution in [-0.4, -0.2) is 59.5 Å². The number of pyridine rings is 1. The van der Waals surface area contributed by atoms with Gasteiger partial charge in [-0.3, -0.25) is 24.5 Å². The highest BCUT2D eigenvalue weighted by molar-refractivity contribution is 6.06. The predicted octanol–water partition coefficient (Wildman–Crippen LogP) is 1.22. The Morgan fingerprint density at radius 3 is 2.94 bits per heavy atom. The van der Waals surface area contributed by atoms with Crippen molar-refractivity contribution in [2.24, 2.45) is 0 Å². The largest absolute Gasteiger partial charge is 0.346 e. The fourth-order valence-corrected chi connectivity index (χ4v) is 4.63. The van der Waals surface area contributed by atoms with Gasteiger partial charge in [-0.2, -0.15) is 0 Å². The van der Waals surface area contributed by atoms with Crippen LogP contribution in [0.1, 0.15) is 28.8 Å². The monoisotopic (exact) mass is 484 g/mol. The number of amides is 4. The molecule has 2 aliphatic heterocycles.